The topological polar surface area (TPSA) is 81.4 Å². The normalized spacial score (nSPS) is 11.7. The zero-order chi connectivity index (χ0) is 21.3. The minimum Gasteiger partial charge on any atom is -0.497 e. The number of carbonyl (C=O) groups is 1. The highest BCUT2D eigenvalue weighted by Gasteiger charge is 2.24. The van der Waals surface area contributed by atoms with Crippen molar-refractivity contribution in [3.05, 3.63) is 54.4 Å². The van der Waals surface area contributed by atoms with Gasteiger partial charge in [-0.05, 0) is 36.4 Å². The first-order valence-electron chi connectivity index (χ1n) is 9.58. The lowest BCUT2D eigenvalue weighted by molar-refractivity contribution is -0.113. The number of methoxy groups -OCH3 is 1. The molecule has 7 nitrogen and oxygen atoms in total. The van der Waals surface area contributed by atoms with Crippen LogP contribution in [0.4, 0.5) is 5.69 Å². The number of amides is 1. The molecular formula is C22H23N5O2S. The lowest BCUT2D eigenvalue weighted by Gasteiger charge is -2.20. The summed E-state index contributed by atoms with van der Waals surface area (Å²) in [5.41, 5.74) is 2.14. The van der Waals surface area contributed by atoms with E-state index in [0.29, 0.717) is 5.16 Å². The second-order valence-corrected chi connectivity index (χ2v) is 8.85. The minimum absolute atomic E-state index is 0.118. The number of rotatable bonds is 5. The summed E-state index contributed by atoms with van der Waals surface area (Å²) in [6, 6.07) is 15.1. The standard InChI is InChI=1S/C22H23N5O2S/c1-22(2,3)20-24-17-8-6-5-7-16(17)19-25-26-21(27(19)20)30-13-18(28)23-14-9-11-15(29-4)12-10-14/h5-12H,13H2,1-4H3,(H,23,28). The van der Waals surface area contributed by atoms with Crippen LogP contribution in [-0.4, -0.2) is 38.4 Å². The van der Waals surface area contributed by atoms with E-state index < -0.39 is 0 Å². The van der Waals surface area contributed by atoms with E-state index in [-0.39, 0.29) is 17.1 Å². The number of anilines is 1. The fourth-order valence-electron chi connectivity index (χ4n) is 3.16. The smallest absolute Gasteiger partial charge is 0.234 e. The van der Waals surface area contributed by atoms with Crippen LogP contribution in [0.1, 0.15) is 26.6 Å². The Morgan fingerprint density at radius 3 is 2.53 bits per heavy atom. The van der Waals surface area contributed by atoms with Crippen molar-refractivity contribution in [2.75, 3.05) is 18.2 Å². The lowest BCUT2D eigenvalue weighted by Crippen LogP contribution is -2.20. The van der Waals surface area contributed by atoms with Gasteiger partial charge in [0.05, 0.1) is 18.4 Å². The van der Waals surface area contributed by atoms with E-state index in [9.17, 15) is 4.79 Å². The van der Waals surface area contributed by atoms with Crippen molar-refractivity contribution >= 4 is 39.9 Å². The molecule has 0 bridgehead atoms. The zero-order valence-electron chi connectivity index (χ0n) is 17.3. The monoisotopic (exact) mass is 421 g/mol. The number of carbonyl (C=O) groups excluding carboxylic acids is 1. The molecule has 1 amide bonds. The molecule has 0 radical (unpaired) electrons. The van der Waals surface area contributed by atoms with Crippen molar-refractivity contribution in [2.24, 2.45) is 0 Å². The van der Waals surface area contributed by atoms with Crippen LogP contribution in [-0.2, 0) is 10.2 Å². The quantitative estimate of drug-likeness (QED) is 0.484. The van der Waals surface area contributed by atoms with Crippen LogP contribution < -0.4 is 10.1 Å². The number of fused-ring (bicyclic) bond motifs is 3. The Bertz CT molecular complexity index is 1210. The van der Waals surface area contributed by atoms with E-state index in [4.69, 9.17) is 9.72 Å². The van der Waals surface area contributed by atoms with Crippen molar-refractivity contribution in [1.82, 2.24) is 19.6 Å². The van der Waals surface area contributed by atoms with Crippen molar-refractivity contribution in [3.8, 4) is 5.75 Å². The van der Waals surface area contributed by atoms with Crippen molar-refractivity contribution in [3.63, 3.8) is 0 Å². The molecule has 154 valence electrons. The number of para-hydroxylation sites is 1. The molecule has 4 aromatic rings. The lowest BCUT2D eigenvalue weighted by atomic mass is 9.95. The molecule has 0 spiro atoms. The predicted molar refractivity (Wildman–Crippen MR) is 119 cm³/mol. The molecule has 8 heteroatoms. The fourth-order valence-corrected chi connectivity index (χ4v) is 3.89. The van der Waals surface area contributed by atoms with Crippen LogP contribution in [0.2, 0.25) is 0 Å². The Morgan fingerprint density at radius 2 is 1.83 bits per heavy atom. The zero-order valence-corrected chi connectivity index (χ0v) is 18.2. The van der Waals surface area contributed by atoms with Crippen LogP contribution in [0.3, 0.4) is 0 Å². The number of hydrogen-bond acceptors (Lipinski definition) is 6. The Hall–Kier alpha value is -3.13. The number of nitrogens with zero attached hydrogens (tertiary/aromatic N) is 4. The maximum atomic E-state index is 12.5. The van der Waals surface area contributed by atoms with Crippen LogP contribution in [0.25, 0.3) is 16.6 Å². The van der Waals surface area contributed by atoms with Gasteiger partial charge in [0.1, 0.15) is 11.6 Å². The molecule has 0 saturated carbocycles. The fraction of sp³-hybridized carbons (Fsp3) is 0.273. The van der Waals surface area contributed by atoms with Gasteiger partial charge in [0, 0.05) is 16.5 Å². The summed E-state index contributed by atoms with van der Waals surface area (Å²) in [4.78, 5) is 17.3. The molecule has 2 aromatic carbocycles. The molecule has 0 saturated heterocycles. The summed E-state index contributed by atoms with van der Waals surface area (Å²) in [5.74, 6) is 1.70. The Kier molecular flexibility index (Phi) is 5.34. The Morgan fingerprint density at radius 1 is 1.10 bits per heavy atom. The van der Waals surface area contributed by atoms with Gasteiger partial charge in [-0.3, -0.25) is 9.20 Å². The van der Waals surface area contributed by atoms with E-state index in [1.807, 2.05) is 40.8 Å². The van der Waals surface area contributed by atoms with Crippen LogP contribution in [0.15, 0.2) is 53.7 Å². The van der Waals surface area contributed by atoms with Gasteiger partial charge in [-0.2, -0.15) is 0 Å². The van der Waals surface area contributed by atoms with Crippen molar-refractivity contribution < 1.29 is 9.53 Å². The first-order valence-corrected chi connectivity index (χ1v) is 10.6. The van der Waals surface area contributed by atoms with Gasteiger partial charge in [-0.25, -0.2) is 4.98 Å². The largest absolute Gasteiger partial charge is 0.497 e. The maximum Gasteiger partial charge on any atom is 0.234 e. The Labute approximate surface area is 178 Å². The molecule has 1 N–H and O–H groups in total. The van der Waals surface area contributed by atoms with Gasteiger partial charge in [-0.1, -0.05) is 44.7 Å². The van der Waals surface area contributed by atoms with E-state index in [2.05, 4.69) is 36.3 Å². The predicted octanol–water partition coefficient (Wildman–Crippen LogP) is 4.31. The second-order valence-electron chi connectivity index (χ2n) is 7.91. The summed E-state index contributed by atoms with van der Waals surface area (Å²) in [6.07, 6.45) is 0. The number of aromatic nitrogens is 4. The highest BCUT2D eigenvalue weighted by Crippen LogP contribution is 2.29. The SMILES string of the molecule is COc1ccc(NC(=O)CSc2nnc3c4ccccc4nc(C(C)(C)C)n23)cc1. The van der Waals surface area contributed by atoms with Crippen LogP contribution >= 0.6 is 11.8 Å². The molecule has 0 unspecified atom stereocenters. The van der Waals surface area contributed by atoms with Gasteiger partial charge in [0.15, 0.2) is 10.8 Å². The molecule has 0 atom stereocenters. The van der Waals surface area contributed by atoms with E-state index in [1.165, 1.54) is 11.8 Å². The van der Waals surface area contributed by atoms with E-state index in [1.54, 1.807) is 19.2 Å². The molecule has 0 aliphatic heterocycles. The summed E-state index contributed by atoms with van der Waals surface area (Å²) < 4.78 is 7.11. The molecule has 0 aliphatic rings. The molecular weight excluding hydrogens is 398 g/mol. The third-order valence-corrected chi connectivity index (χ3v) is 5.52. The van der Waals surface area contributed by atoms with Gasteiger partial charge < -0.3 is 10.1 Å². The Balaban J connectivity index is 1.61. The molecule has 2 heterocycles. The average molecular weight is 422 g/mol. The number of ether oxygens (including phenoxy) is 1. The summed E-state index contributed by atoms with van der Waals surface area (Å²) in [7, 11) is 1.61. The number of nitrogens with one attached hydrogen (secondary N) is 1. The first-order chi connectivity index (χ1) is 14.4. The van der Waals surface area contributed by atoms with Crippen LogP contribution in [0.5, 0.6) is 5.75 Å². The number of thioether (sulfide) groups is 1. The summed E-state index contributed by atoms with van der Waals surface area (Å²) >= 11 is 1.34. The summed E-state index contributed by atoms with van der Waals surface area (Å²) in [5, 5.41) is 13.2. The highest BCUT2D eigenvalue weighted by molar-refractivity contribution is 7.99. The van der Waals surface area contributed by atoms with Crippen molar-refractivity contribution in [1.29, 1.82) is 0 Å². The molecule has 0 fully saturated rings. The first kappa shape index (κ1) is 20.2. The highest BCUT2D eigenvalue weighted by atomic mass is 32.2. The van der Waals surface area contributed by atoms with Gasteiger partial charge >= 0.3 is 0 Å². The molecule has 2 aromatic heterocycles. The molecule has 0 aliphatic carbocycles. The second kappa shape index (κ2) is 7.95. The average Bonchev–Trinajstić information content (AvgIpc) is 3.16. The van der Waals surface area contributed by atoms with E-state index >= 15 is 0 Å². The summed E-state index contributed by atoms with van der Waals surface area (Å²) in [6.45, 7) is 6.32. The third kappa shape index (κ3) is 3.95. The minimum atomic E-state index is -0.217. The van der Waals surface area contributed by atoms with Crippen molar-refractivity contribution in [2.45, 2.75) is 31.3 Å². The third-order valence-electron chi connectivity index (χ3n) is 4.59. The number of hydrogen-bond donors (Lipinski definition) is 1. The van der Waals surface area contributed by atoms with Gasteiger partial charge in [0.25, 0.3) is 0 Å². The molecule has 4 rings (SSSR count). The number of benzene rings is 2. The maximum absolute atomic E-state index is 12.5. The van der Waals surface area contributed by atoms with Gasteiger partial charge in [0.2, 0.25) is 5.91 Å². The molecule has 30 heavy (non-hydrogen) atoms. The van der Waals surface area contributed by atoms with E-state index in [0.717, 1.165) is 33.8 Å². The van der Waals surface area contributed by atoms with Crippen LogP contribution in [0, 0.1) is 0 Å². The van der Waals surface area contributed by atoms with Gasteiger partial charge in [-0.15, -0.1) is 10.2 Å².